The number of carbonyl (C=O) groups is 1. The monoisotopic (exact) mass is 263 g/mol. The van der Waals surface area contributed by atoms with Gasteiger partial charge < -0.3 is 15.0 Å². The number of imidazole rings is 1. The van der Waals surface area contributed by atoms with E-state index in [-0.39, 0.29) is 5.69 Å². The van der Waals surface area contributed by atoms with Crippen molar-refractivity contribution in [3.8, 4) is 0 Å². The van der Waals surface area contributed by atoms with Gasteiger partial charge >= 0.3 is 5.97 Å². The molecule has 2 N–H and O–H groups in total. The van der Waals surface area contributed by atoms with Crippen molar-refractivity contribution in [2.24, 2.45) is 17.8 Å². The molecule has 0 aliphatic heterocycles. The van der Waals surface area contributed by atoms with Crippen LogP contribution >= 0.6 is 0 Å². The molecule has 0 amide bonds. The van der Waals surface area contributed by atoms with Crippen LogP contribution in [-0.2, 0) is 11.3 Å². The molecule has 0 bridgehead atoms. The Balaban J connectivity index is 1.72. The maximum Gasteiger partial charge on any atom is 0.360 e. The summed E-state index contributed by atoms with van der Waals surface area (Å²) in [5, 5.41) is 0. The fraction of sp³-hybridized carbons (Fsp3) is 0.714. The molecule has 0 atom stereocenters. The van der Waals surface area contributed by atoms with Gasteiger partial charge in [0.15, 0.2) is 5.69 Å². The molecule has 0 spiro atoms. The van der Waals surface area contributed by atoms with Gasteiger partial charge in [0, 0.05) is 6.54 Å². The zero-order valence-corrected chi connectivity index (χ0v) is 11.3. The fourth-order valence-electron chi connectivity index (χ4n) is 2.85. The predicted molar refractivity (Wildman–Crippen MR) is 71.5 cm³/mol. The van der Waals surface area contributed by atoms with Crippen LogP contribution in [0, 0.1) is 17.8 Å². The summed E-state index contributed by atoms with van der Waals surface area (Å²) in [5.74, 6) is 2.46. The number of nitrogens with two attached hydrogens (primary N) is 1. The van der Waals surface area contributed by atoms with Crippen LogP contribution in [0.3, 0.4) is 0 Å². The lowest BCUT2D eigenvalue weighted by atomic mass is 9.98. The lowest BCUT2D eigenvalue weighted by Crippen LogP contribution is -2.17. The highest BCUT2D eigenvalue weighted by atomic mass is 16.5. The van der Waals surface area contributed by atoms with Crippen LogP contribution < -0.4 is 5.73 Å². The van der Waals surface area contributed by atoms with Gasteiger partial charge in [-0.25, -0.2) is 9.78 Å². The Bertz CT molecular complexity index is 463. The van der Waals surface area contributed by atoms with Gasteiger partial charge in [-0.2, -0.15) is 0 Å². The minimum absolute atomic E-state index is 0.257. The van der Waals surface area contributed by atoms with Gasteiger partial charge in [-0.3, -0.25) is 0 Å². The van der Waals surface area contributed by atoms with E-state index in [0.717, 1.165) is 18.4 Å². The summed E-state index contributed by atoms with van der Waals surface area (Å²) in [6.45, 7) is 3.02. The van der Waals surface area contributed by atoms with Gasteiger partial charge in [-0.05, 0) is 50.4 Å². The highest BCUT2D eigenvalue weighted by Crippen LogP contribution is 2.50. The molecule has 104 valence electrons. The van der Waals surface area contributed by atoms with E-state index in [0.29, 0.717) is 18.3 Å². The van der Waals surface area contributed by atoms with Crippen LogP contribution in [0.1, 0.15) is 43.1 Å². The van der Waals surface area contributed by atoms with Crippen molar-refractivity contribution in [3.63, 3.8) is 0 Å². The molecule has 0 radical (unpaired) electrons. The Morgan fingerprint density at radius 2 is 2.11 bits per heavy atom. The minimum atomic E-state index is -0.423. The van der Waals surface area contributed by atoms with E-state index in [4.69, 9.17) is 10.5 Å². The van der Waals surface area contributed by atoms with Crippen molar-refractivity contribution in [1.29, 1.82) is 0 Å². The van der Waals surface area contributed by atoms with Crippen LogP contribution in [0.15, 0.2) is 6.33 Å². The number of hydrogen-bond donors (Lipinski definition) is 1. The first-order valence-electron chi connectivity index (χ1n) is 7.18. The lowest BCUT2D eigenvalue weighted by Gasteiger charge is -2.16. The Kier molecular flexibility index (Phi) is 3.21. The molecule has 0 aromatic carbocycles. The molecule has 19 heavy (non-hydrogen) atoms. The van der Waals surface area contributed by atoms with Gasteiger partial charge in [0.1, 0.15) is 5.82 Å². The summed E-state index contributed by atoms with van der Waals surface area (Å²) in [4.78, 5) is 15.8. The molecule has 2 aliphatic rings. The van der Waals surface area contributed by atoms with Gasteiger partial charge in [0.2, 0.25) is 0 Å². The van der Waals surface area contributed by atoms with Crippen LogP contribution in [0.4, 0.5) is 5.82 Å². The summed E-state index contributed by atoms with van der Waals surface area (Å²) < 4.78 is 6.88. The number of nitrogen functional groups attached to an aromatic ring is 1. The second kappa shape index (κ2) is 4.87. The maximum absolute atomic E-state index is 11.7. The average molecular weight is 263 g/mol. The van der Waals surface area contributed by atoms with E-state index in [1.165, 1.54) is 25.7 Å². The Hall–Kier alpha value is -1.52. The van der Waals surface area contributed by atoms with E-state index in [1.54, 1.807) is 13.3 Å². The lowest BCUT2D eigenvalue weighted by molar-refractivity contribution is 0.0521. The number of carbonyl (C=O) groups excluding carboxylic acids is 1. The van der Waals surface area contributed by atoms with Gasteiger partial charge in [0.25, 0.3) is 0 Å². The summed E-state index contributed by atoms with van der Waals surface area (Å²) in [7, 11) is 0. The van der Waals surface area contributed by atoms with E-state index in [9.17, 15) is 4.79 Å². The third-order valence-corrected chi connectivity index (χ3v) is 4.21. The number of aromatic nitrogens is 2. The maximum atomic E-state index is 11.7. The molecular weight excluding hydrogens is 242 g/mol. The smallest absolute Gasteiger partial charge is 0.360 e. The topological polar surface area (TPSA) is 70.1 Å². The molecule has 0 unspecified atom stereocenters. The number of anilines is 1. The summed E-state index contributed by atoms with van der Waals surface area (Å²) in [5.41, 5.74) is 6.28. The zero-order chi connectivity index (χ0) is 13.4. The first kappa shape index (κ1) is 12.5. The van der Waals surface area contributed by atoms with Crippen molar-refractivity contribution >= 4 is 11.8 Å². The molecule has 1 heterocycles. The third kappa shape index (κ3) is 2.60. The molecule has 2 saturated carbocycles. The predicted octanol–water partition coefficient (Wildman–Crippen LogP) is 2.08. The third-order valence-electron chi connectivity index (χ3n) is 4.21. The normalized spacial score (nSPS) is 18.8. The highest BCUT2D eigenvalue weighted by molar-refractivity contribution is 5.92. The van der Waals surface area contributed by atoms with Crippen molar-refractivity contribution in [2.45, 2.75) is 39.2 Å². The number of nitrogens with zero attached hydrogens (tertiary/aromatic N) is 2. The second-order valence-corrected chi connectivity index (χ2v) is 5.69. The van der Waals surface area contributed by atoms with E-state index in [2.05, 4.69) is 4.98 Å². The first-order chi connectivity index (χ1) is 9.20. The number of esters is 1. The molecule has 5 heteroatoms. The Labute approximate surface area is 113 Å². The molecule has 2 fully saturated rings. The summed E-state index contributed by atoms with van der Waals surface area (Å²) in [6.07, 6.45) is 7.07. The quantitative estimate of drug-likeness (QED) is 0.798. The summed E-state index contributed by atoms with van der Waals surface area (Å²) >= 11 is 0. The fourth-order valence-corrected chi connectivity index (χ4v) is 2.85. The van der Waals surface area contributed by atoms with Crippen molar-refractivity contribution in [2.75, 3.05) is 12.3 Å². The van der Waals surface area contributed by atoms with Crippen LogP contribution in [-0.4, -0.2) is 22.1 Å². The van der Waals surface area contributed by atoms with Crippen molar-refractivity contribution < 1.29 is 9.53 Å². The standard InChI is InChI=1S/C14H21N3O2/c1-2-19-14(18)12-13(15)17(8-16-12)7-11(9-3-4-9)10-5-6-10/h8-11H,2-7,15H2,1H3. The van der Waals surface area contributed by atoms with Crippen LogP contribution in [0.2, 0.25) is 0 Å². The highest BCUT2D eigenvalue weighted by Gasteiger charge is 2.41. The van der Waals surface area contributed by atoms with E-state index < -0.39 is 5.97 Å². The minimum Gasteiger partial charge on any atom is -0.461 e. The van der Waals surface area contributed by atoms with Gasteiger partial charge in [0.05, 0.1) is 12.9 Å². The van der Waals surface area contributed by atoms with Gasteiger partial charge in [-0.15, -0.1) is 0 Å². The average Bonchev–Trinajstić information content (AvgIpc) is 3.27. The van der Waals surface area contributed by atoms with Crippen molar-refractivity contribution in [1.82, 2.24) is 9.55 Å². The van der Waals surface area contributed by atoms with Crippen molar-refractivity contribution in [3.05, 3.63) is 12.0 Å². The Morgan fingerprint density at radius 1 is 1.47 bits per heavy atom. The molecule has 5 nitrogen and oxygen atoms in total. The summed E-state index contributed by atoms with van der Waals surface area (Å²) in [6, 6.07) is 0. The molecule has 1 aromatic rings. The SMILES string of the molecule is CCOC(=O)c1ncn(CC(C2CC2)C2CC2)c1N. The number of hydrogen-bond acceptors (Lipinski definition) is 4. The van der Waals surface area contributed by atoms with Gasteiger partial charge in [-0.1, -0.05) is 0 Å². The molecule has 1 aromatic heterocycles. The Morgan fingerprint density at radius 3 is 2.63 bits per heavy atom. The molecule has 2 aliphatic carbocycles. The van der Waals surface area contributed by atoms with E-state index >= 15 is 0 Å². The largest absolute Gasteiger partial charge is 0.461 e. The molecule has 3 rings (SSSR count). The van der Waals surface area contributed by atoms with Crippen LogP contribution in [0.5, 0.6) is 0 Å². The number of ether oxygens (including phenoxy) is 1. The molecular formula is C14H21N3O2. The van der Waals surface area contributed by atoms with Crippen LogP contribution in [0.25, 0.3) is 0 Å². The molecule has 0 saturated heterocycles. The first-order valence-corrected chi connectivity index (χ1v) is 7.18. The number of rotatable bonds is 6. The van der Waals surface area contributed by atoms with E-state index in [1.807, 2.05) is 4.57 Å². The zero-order valence-electron chi connectivity index (χ0n) is 11.3. The second-order valence-electron chi connectivity index (χ2n) is 5.69.